The van der Waals surface area contributed by atoms with Crippen molar-refractivity contribution in [2.24, 2.45) is 0 Å². The van der Waals surface area contributed by atoms with Crippen LogP contribution in [-0.4, -0.2) is 5.91 Å². The highest BCUT2D eigenvalue weighted by atomic mass is 79.9. The van der Waals surface area contributed by atoms with Crippen LogP contribution >= 0.6 is 27.5 Å². The number of carbonyl (C=O) groups is 1. The topological polar surface area (TPSA) is 29.1 Å². The molecule has 108 valence electrons. The maximum absolute atomic E-state index is 11.9. The lowest BCUT2D eigenvalue weighted by Crippen LogP contribution is -2.24. The first-order valence-corrected chi connectivity index (χ1v) is 7.71. The fourth-order valence-corrected chi connectivity index (χ4v) is 2.23. The van der Waals surface area contributed by atoms with Gasteiger partial charge in [-0.05, 0) is 48.4 Å². The second-order valence-corrected chi connectivity index (χ2v) is 6.02. The summed E-state index contributed by atoms with van der Waals surface area (Å²) in [7, 11) is 0. The average molecular weight is 365 g/mol. The van der Waals surface area contributed by atoms with Crippen molar-refractivity contribution in [3.8, 4) is 0 Å². The molecule has 0 radical (unpaired) electrons. The zero-order valence-electron chi connectivity index (χ0n) is 11.5. The largest absolute Gasteiger partial charge is 0.346 e. The van der Waals surface area contributed by atoms with Gasteiger partial charge in [-0.25, -0.2) is 0 Å². The Balaban J connectivity index is 1.94. The maximum Gasteiger partial charge on any atom is 0.244 e. The van der Waals surface area contributed by atoms with E-state index in [9.17, 15) is 4.79 Å². The van der Waals surface area contributed by atoms with Crippen LogP contribution in [0.4, 0.5) is 0 Å². The SMILES string of the molecule is C[C@H](NC(=O)/C=C/c1ccc(Br)cc1)c1ccc(Cl)cc1. The average Bonchev–Trinajstić information content (AvgIpc) is 2.47. The molecule has 2 aromatic carbocycles. The number of hydrogen-bond donors (Lipinski definition) is 1. The monoisotopic (exact) mass is 363 g/mol. The molecule has 0 aromatic heterocycles. The van der Waals surface area contributed by atoms with Crippen molar-refractivity contribution in [3.05, 3.63) is 75.2 Å². The summed E-state index contributed by atoms with van der Waals surface area (Å²) in [6.07, 6.45) is 3.33. The first-order chi connectivity index (χ1) is 10.0. The number of benzene rings is 2. The van der Waals surface area contributed by atoms with Gasteiger partial charge in [-0.3, -0.25) is 4.79 Å². The molecule has 1 amide bonds. The minimum Gasteiger partial charge on any atom is -0.346 e. The summed E-state index contributed by atoms with van der Waals surface area (Å²) in [6.45, 7) is 1.94. The van der Waals surface area contributed by atoms with Gasteiger partial charge in [-0.2, -0.15) is 0 Å². The van der Waals surface area contributed by atoms with Crippen molar-refractivity contribution < 1.29 is 4.79 Å². The number of carbonyl (C=O) groups excluding carboxylic acids is 1. The van der Waals surface area contributed by atoms with E-state index < -0.39 is 0 Å². The third kappa shape index (κ3) is 5.03. The van der Waals surface area contributed by atoms with Crippen LogP contribution in [0.15, 0.2) is 59.1 Å². The van der Waals surface area contributed by atoms with E-state index in [1.807, 2.05) is 55.5 Å². The Morgan fingerprint density at radius 3 is 2.38 bits per heavy atom. The Labute approximate surface area is 138 Å². The molecule has 0 aliphatic heterocycles. The number of amides is 1. The molecule has 0 aliphatic rings. The van der Waals surface area contributed by atoms with Crippen LogP contribution in [0.1, 0.15) is 24.1 Å². The molecule has 0 heterocycles. The van der Waals surface area contributed by atoms with Gasteiger partial charge >= 0.3 is 0 Å². The maximum atomic E-state index is 11.9. The fourth-order valence-electron chi connectivity index (χ4n) is 1.84. The summed E-state index contributed by atoms with van der Waals surface area (Å²) in [5.41, 5.74) is 2.00. The zero-order chi connectivity index (χ0) is 15.2. The molecule has 4 heteroatoms. The van der Waals surface area contributed by atoms with Gasteiger partial charge in [0.05, 0.1) is 6.04 Å². The minimum atomic E-state index is -0.125. The lowest BCUT2D eigenvalue weighted by atomic mass is 10.1. The van der Waals surface area contributed by atoms with Crippen LogP contribution in [0.5, 0.6) is 0 Å². The lowest BCUT2D eigenvalue weighted by molar-refractivity contribution is -0.117. The van der Waals surface area contributed by atoms with Gasteiger partial charge in [0.15, 0.2) is 0 Å². The second kappa shape index (κ2) is 7.43. The van der Waals surface area contributed by atoms with Gasteiger partial charge in [0.1, 0.15) is 0 Å². The van der Waals surface area contributed by atoms with E-state index in [-0.39, 0.29) is 11.9 Å². The number of hydrogen-bond acceptors (Lipinski definition) is 1. The molecule has 0 unspecified atom stereocenters. The van der Waals surface area contributed by atoms with Crippen molar-refractivity contribution in [1.29, 1.82) is 0 Å². The standard InChI is InChI=1S/C17H15BrClNO/c1-12(14-5-9-16(19)10-6-14)20-17(21)11-4-13-2-7-15(18)8-3-13/h2-12H,1H3,(H,20,21)/b11-4+/t12-/m0/s1. The Morgan fingerprint density at radius 1 is 1.14 bits per heavy atom. The summed E-state index contributed by atoms with van der Waals surface area (Å²) in [4.78, 5) is 11.9. The Hall–Kier alpha value is -1.58. The number of halogens is 2. The molecule has 0 saturated heterocycles. The van der Waals surface area contributed by atoms with E-state index in [0.717, 1.165) is 15.6 Å². The van der Waals surface area contributed by atoms with Gasteiger partial charge in [0.2, 0.25) is 5.91 Å². The Kier molecular flexibility index (Phi) is 5.59. The van der Waals surface area contributed by atoms with Crippen LogP contribution in [-0.2, 0) is 4.79 Å². The van der Waals surface area contributed by atoms with Gasteiger partial charge in [0.25, 0.3) is 0 Å². The van der Waals surface area contributed by atoms with Crippen molar-refractivity contribution in [2.75, 3.05) is 0 Å². The predicted molar refractivity (Wildman–Crippen MR) is 91.2 cm³/mol. The summed E-state index contributed by atoms with van der Waals surface area (Å²) < 4.78 is 1.01. The van der Waals surface area contributed by atoms with Gasteiger partial charge in [0, 0.05) is 15.6 Å². The summed E-state index contributed by atoms with van der Waals surface area (Å²) in [5, 5.41) is 3.61. The van der Waals surface area contributed by atoms with Crippen molar-refractivity contribution in [2.45, 2.75) is 13.0 Å². The van der Waals surface area contributed by atoms with E-state index >= 15 is 0 Å². The molecule has 2 nitrogen and oxygen atoms in total. The summed E-state index contributed by atoms with van der Waals surface area (Å²) in [6, 6.07) is 15.1. The molecule has 0 saturated carbocycles. The molecule has 21 heavy (non-hydrogen) atoms. The molecule has 1 N–H and O–H groups in total. The third-order valence-corrected chi connectivity index (χ3v) is 3.81. The molecular weight excluding hydrogens is 350 g/mol. The number of nitrogens with one attached hydrogen (secondary N) is 1. The van der Waals surface area contributed by atoms with E-state index in [1.165, 1.54) is 6.08 Å². The van der Waals surface area contributed by atoms with Gasteiger partial charge in [-0.1, -0.05) is 51.8 Å². The summed E-state index contributed by atoms with van der Waals surface area (Å²) in [5.74, 6) is -0.125. The second-order valence-electron chi connectivity index (χ2n) is 4.67. The molecule has 0 fully saturated rings. The van der Waals surface area contributed by atoms with Crippen molar-refractivity contribution >= 4 is 39.5 Å². The Bertz CT molecular complexity index is 635. The summed E-state index contributed by atoms with van der Waals surface area (Å²) >= 11 is 9.23. The predicted octanol–water partition coefficient (Wildman–Crippen LogP) is 4.99. The van der Waals surface area contributed by atoms with Crippen LogP contribution in [0.3, 0.4) is 0 Å². The first kappa shape index (κ1) is 15.8. The molecular formula is C17H15BrClNO. The highest BCUT2D eigenvalue weighted by molar-refractivity contribution is 9.10. The van der Waals surface area contributed by atoms with Crippen molar-refractivity contribution in [1.82, 2.24) is 5.32 Å². The number of rotatable bonds is 4. The van der Waals surface area contributed by atoms with E-state index in [2.05, 4.69) is 21.2 Å². The van der Waals surface area contributed by atoms with Crippen LogP contribution < -0.4 is 5.32 Å². The quantitative estimate of drug-likeness (QED) is 0.761. The molecule has 2 rings (SSSR count). The highest BCUT2D eigenvalue weighted by Crippen LogP contribution is 2.16. The Morgan fingerprint density at radius 2 is 1.76 bits per heavy atom. The highest BCUT2D eigenvalue weighted by Gasteiger charge is 2.07. The van der Waals surface area contributed by atoms with Crippen LogP contribution in [0.2, 0.25) is 5.02 Å². The smallest absolute Gasteiger partial charge is 0.244 e. The molecule has 1 atom stereocenters. The van der Waals surface area contributed by atoms with Gasteiger partial charge < -0.3 is 5.32 Å². The molecule has 0 bridgehead atoms. The van der Waals surface area contributed by atoms with Crippen LogP contribution in [0.25, 0.3) is 6.08 Å². The third-order valence-electron chi connectivity index (χ3n) is 3.03. The van der Waals surface area contributed by atoms with Gasteiger partial charge in [-0.15, -0.1) is 0 Å². The lowest BCUT2D eigenvalue weighted by Gasteiger charge is -2.12. The minimum absolute atomic E-state index is 0.0654. The van der Waals surface area contributed by atoms with E-state index in [4.69, 9.17) is 11.6 Å². The zero-order valence-corrected chi connectivity index (χ0v) is 13.9. The molecule has 0 spiro atoms. The molecule has 2 aromatic rings. The van der Waals surface area contributed by atoms with E-state index in [1.54, 1.807) is 6.08 Å². The van der Waals surface area contributed by atoms with Crippen LogP contribution in [0, 0.1) is 0 Å². The van der Waals surface area contributed by atoms with Crippen molar-refractivity contribution in [3.63, 3.8) is 0 Å². The molecule has 0 aliphatic carbocycles. The first-order valence-electron chi connectivity index (χ1n) is 6.54. The normalized spacial score (nSPS) is 12.3. The van der Waals surface area contributed by atoms with E-state index in [0.29, 0.717) is 5.02 Å². The fraction of sp³-hybridized carbons (Fsp3) is 0.118.